The average molecular weight is 757 g/mol. The highest BCUT2D eigenvalue weighted by Gasteiger charge is 2.28. The maximum absolute atomic E-state index is 2.49. The fourth-order valence-electron chi connectivity index (χ4n) is 9.01. The van der Waals surface area contributed by atoms with Crippen molar-refractivity contribution in [2.45, 2.75) is 78.6 Å². The summed E-state index contributed by atoms with van der Waals surface area (Å²) in [4.78, 5) is 0. The van der Waals surface area contributed by atoms with E-state index in [-0.39, 0.29) is 16.2 Å². The summed E-state index contributed by atoms with van der Waals surface area (Å²) in [5.74, 6) is 0. The lowest BCUT2D eigenvalue weighted by Crippen LogP contribution is -2.17. The smallest absolute Gasteiger partial charge is 0.0355 e. The van der Waals surface area contributed by atoms with E-state index >= 15 is 0 Å². The third-order valence-corrected chi connectivity index (χ3v) is 13.0. The molecule has 0 spiro atoms. The van der Waals surface area contributed by atoms with Crippen molar-refractivity contribution in [1.29, 1.82) is 0 Å². The van der Waals surface area contributed by atoms with Gasteiger partial charge in [-0.15, -0.1) is 11.3 Å². The molecule has 1 aromatic heterocycles. The first-order valence-corrected chi connectivity index (χ1v) is 21.2. The van der Waals surface area contributed by atoms with Gasteiger partial charge in [0.1, 0.15) is 0 Å². The molecular formula is C56H52S. The molecule has 9 aromatic rings. The molecule has 0 fully saturated rings. The number of thiophene rings is 1. The Labute approximate surface area is 342 Å². The lowest BCUT2D eigenvalue weighted by atomic mass is 9.73. The van der Waals surface area contributed by atoms with Crippen LogP contribution >= 0.6 is 11.3 Å². The normalized spacial score (nSPS) is 12.6. The molecule has 0 nitrogen and oxygen atoms in total. The van der Waals surface area contributed by atoms with Crippen LogP contribution in [0.2, 0.25) is 0 Å². The second-order valence-electron chi connectivity index (χ2n) is 19.1. The second kappa shape index (κ2) is 13.6. The molecule has 0 saturated heterocycles. The van der Waals surface area contributed by atoms with E-state index in [4.69, 9.17) is 0 Å². The van der Waals surface area contributed by atoms with Crippen molar-refractivity contribution >= 4 is 53.1 Å². The molecular weight excluding hydrogens is 705 g/mol. The van der Waals surface area contributed by atoms with E-state index < -0.39 is 0 Å². The fraction of sp³-hybridized carbons (Fsp3) is 0.214. The molecule has 0 unspecified atom stereocenters. The van der Waals surface area contributed by atoms with Gasteiger partial charge in [-0.25, -0.2) is 0 Å². The zero-order valence-electron chi connectivity index (χ0n) is 34.8. The zero-order valence-corrected chi connectivity index (χ0v) is 35.7. The quantitative estimate of drug-likeness (QED) is 0.157. The SMILES string of the molecule is CC(C)(C)c1ccc(-c2ccc3sc4ccc(-c5ccc6c(C(C)(C)C)c7cc(-c8cccc(-c9ccccc9)c8)ccc7c(C(C)(C)C)c6c5)cc4c3c2)cc1. The zero-order chi connectivity index (χ0) is 39.9. The van der Waals surface area contributed by atoms with Crippen LogP contribution in [0.25, 0.3) is 86.2 Å². The molecule has 282 valence electrons. The van der Waals surface area contributed by atoms with Crippen LogP contribution < -0.4 is 0 Å². The predicted molar refractivity (Wildman–Crippen MR) is 252 cm³/mol. The Bertz CT molecular complexity index is 2970. The van der Waals surface area contributed by atoms with Crippen LogP contribution in [0.3, 0.4) is 0 Å². The van der Waals surface area contributed by atoms with Crippen LogP contribution in [0.15, 0.2) is 152 Å². The first kappa shape index (κ1) is 37.1. The Morgan fingerprint density at radius 2 is 0.649 bits per heavy atom. The van der Waals surface area contributed by atoms with E-state index in [1.165, 1.54) is 103 Å². The topological polar surface area (TPSA) is 0 Å². The van der Waals surface area contributed by atoms with Gasteiger partial charge < -0.3 is 0 Å². The van der Waals surface area contributed by atoms with Gasteiger partial charge >= 0.3 is 0 Å². The van der Waals surface area contributed by atoms with Crippen molar-refractivity contribution in [3.05, 3.63) is 168 Å². The highest BCUT2D eigenvalue weighted by molar-refractivity contribution is 7.25. The van der Waals surface area contributed by atoms with Crippen molar-refractivity contribution in [3.8, 4) is 44.5 Å². The van der Waals surface area contributed by atoms with Gasteiger partial charge in [0, 0.05) is 20.2 Å². The summed E-state index contributed by atoms with van der Waals surface area (Å²) in [6.45, 7) is 21.1. The molecule has 9 rings (SSSR count). The monoisotopic (exact) mass is 756 g/mol. The molecule has 0 aliphatic carbocycles. The van der Waals surface area contributed by atoms with Crippen LogP contribution in [0.1, 0.15) is 79.0 Å². The van der Waals surface area contributed by atoms with Gasteiger partial charge in [-0.2, -0.15) is 0 Å². The number of hydrogen-bond donors (Lipinski definition) is 0. The lowest BCUT2D eigenvalue weighted by molar-refractivity contribution is 0.590. The molecule has 0 N–H and O–H groups in total. The van der Waals surface area contributed by atoms with E-state index in [1.807, 2.05) is 11.3 Å². The van der Waals surface area contributed by atoms with E-state index in [0.717, 1.165) is 0 Å². The van der Waals surface area contributed by atoms with Gasteiger partial charge in [0.15, 0.2) is 0 Å². The van der Waals surface area contributed by atoms with E-state index in [1.54, 1.807) is 0 Å². The number of benzene rings is 8. The van der Waals surface area contributed by atoms with Gasteiger partial charge in [0.2, 0.25) is 0 Å². The summed E-state index contributed by atoms with van der Waals surface area (Å²) >= 11 is 1.89. The lowest BCUT2D eigenvalue weighted by Gasteiger charge is -2.31. The van der Waals surface area contributed by atoms with Crippen molar-refractivity contribution in [1.82, 2.24) is 0 Å². The fourth-order valence-corrected chi connectivity index (χ4v) is 10.1. The summed E-state index contributed by atoms with van der Waals surface area (Å²) in [5, 5.41) is 8.06. The van der Waals surface area contributed by atoms with Crippen LogP contribution in [0.4, 0.5) is 0 Å². The van der Waals surface area contributed by atoms with Crippen LogP contribution in [-0.2, 0) is 16.2 Å². The van der Waals surface area contributed by atoms with Crippen molar-refractivity contribution in [2.75, 3.05) is 0 Å². The summed E-state index contributed by atoms with van der Waals surface area (Å²) < 4.78 is 2.66. The summed E-state index contributed by atoms with van der Waals surface area (Å²) in [6, 6.07) is 57.4. The Hall–Kier alpha value is -5.50. The van der Waals surface area contributed by atoms with E-state index in [0.29, 0.717) is 0 Å². The third-order valence-electron chi connectivity index (χ3n) is 11.8. The Balaban J connectivity index is 1.20. The first-order chi connectivity index (χ1) is 27.1. The molecule has 0 bridgehead atoms. The average Bonchev–Trinajstić information content (AvgIpc) is 3.56. The van der Waals surface area contributed by atoms with Crippen LogP contribution in [0, 0.1) is 0 Å². The maximum atomic E-state index is 2.49. The molecule has 8 aromatic carbocycles. The highest BCUT2D eigenvalue weighted by atomic mass is 32.1. The minimum Gasteiger partial charge on any atom is -0.135 e. The largest absolute Gasteiger partial charge is 0.135 e. The molecule has 0 aliphatic heterocycles. The molecule has 0 saturated carbocycles. The molecule has 0 radical (unpaired) electrons. The van der Waals surface area contributed by atoms with Gasteiger partial charge in [-0.05, 0) is 141 Å². The van der Waals surface area contributed by atoms with E-state index in [2.05, 4.69) is 214 Å². The third kappa shape index (κ3) is 6.77. The number of fused-ring (bicyclic) bond motifs is 5. The number of hydrogen-bond acceptors (Lipinski definition) is 1. The second-order valence-corrected chi connectivity index (χ2v) is 20.2. The van der Waals surface area contributed by atoms with E-state index in [9.17, 15) is 0 Å². The van der Waals surface area contributed by atoms with Gasteiger partial charge in [0.05, 0.1) is 0 Å². The Morgan fingerprint density at radius 1 is 0.281 bits per heavy atom. The number of rotatable bonds is 4. The first-order valence-electron chi connectivity index (χ1n) is 20.4. The highest BCUT2D eigenvalue weighted by Crippen LogP contribution is 2.47. The molecule has 0 atom stereocenters. The minimum atomic E-state index is -0.0741. The van der Waals surface area contributed by atoms with Crippen molar-refractivity contribution in [3.63, 3.8) is 0 Å². The summed E-state index contributed by atoms with van der Waals surface area (Å²) in [7, 11) is 0. The van der Waals surface area contributed by atoms with Gasteiger partial charge in [-0.1, -0.05) is 172 Å². The Morgan fingerprint density at radius 3 is 1.12 bits per heavy atom. The maximum Gasteiger partial charge on any atom is 0.0355 e. The minimum absolute atomic E-state index is 0.0712. The Kier molecular flexibility index (Phi) is 8.83. The van der Waals surface area contributed by atoms with Crippen LogP contribution in [0.5, 0.6) is 0 Å². The standard InChI is InChI=1S/C56H52S/c1-54(2,3)43-24-18-36(19-25-43)39-22-28-50-46(31-39)47-32-42(23-29-51(47)57-50)41-21-27-45-49(34-41)53(56(7,8)9)44-26-20-40(33-48(44)52(45)55(4,5)6)38-17-13-16-37(30-38)35-14-11-10-12-15-35/h10-34H,1-9H3. The molecule has 0 amide bonds. The molecule has 0 aliphatic rings. The molecule has 1 heterocycles. The van der Waals surface area contributed by atoms with Crippen LogP contribution in [-0.4, -0.2) is 0 Å². The summed E-state index contributed by atoms with van der Waals surface area (Å²) in [6.07, 6.45) is 0. The van der Waals surface area contributed by atoms with Gasteiger partial charge in [-0.3, -0.25) is 0 Å². The molecule has 57 heavy (non-hydrogen) atoms. The van der Waals surface area contributed by atoms with Crippen molar-refractivity contribution < 1.29 is 0 Å². The van der Waals surface area contributed by atoms with Gasteiger partial charge in [0.25, 0.3) is 0 Å². The summed E-state index contributed by atoms with van der Waals surface area (Å²) in [5.41, 5.74) is 14.2. The van der Waals surface area contributed by atoms with Crippen molar-refractivity contribution in [2.24, 2.45) is 0 Å². The predicted octanol–water partition coefficient (Wildman–Crippen LogP) is 16.9. The molecule has 1 heteroatoms.